The predicted octanol–water partition coefficient (Wildman–Crippen LogP) is 1.63. The fourth-order valence-corrected chi connectivity index (χ4v) is 3.03. The van der Waals surface area contributed by atoms with E-state index in [4.69, 9.17) is 0 Å². The largest absolute Gasteiger partial charge is 0.340 e. The van der Waals surface area contributed by atoms with Crippen molar-refractivity contribution in [1.29, 1.82) is 0 Å². The Bertz CT molecular complexity index is 299. The lowest BCUT2D eigenvalue weighted by molar-refractivity contribution is -0.142. The Labute approximate surface area is 135 Å². The van der Waals surface area contributed by atoms with Crippen LogP contribution in [0.3, 0.4) is 0 Å². The Kier molecular flexibility index (Phi) is 8.41. The summed E-state index contributed by atoms with van der Waals surface area (Å²) < 4.78 is 0. The smallest absolute Gasteiger partial charge is 0.229 e. The molecule has 0 aromatic carbocycles. The molecule has 0 aliphatic carbocycles. The Morgan fingerprint density at radius 1 is 1.20 bits per heavy atom. The molecule has 2 rings (SSSR count). The lowest BCUT2D eigenvalue weighted by atomic mass is 9.88. The number of nitrogens with zero attached hydrogens (tertiary/aromatic N) is 2. The van der Waals surface area contributed by atoms with Crippen LogP contribution in [-0.2, 0) is 4.79 Å². The second kappa shape index (κ2) is 8.42. The summed E-state index contributed by atoms with van der Waals surface area (Å²) in [6.07, 6.45) is 0.984. The third-order valence-corrected chi connectivity index (χ3v) is 4.17. The summed E-state index contributed by atoms with van der Waals surface area (Å²) in [6.45, 7) is 13.5. The fourth-order valence-electron chi connectivity index (χ4n) is 3.03. The van der Waals surface area contributed by atoms with Gasteiger partial charge in [-0.2, -0.15) is 0 Å². The third-order valence-electron chi connectivity index (χ3n) is 4.17. The molecule has 0 radical (unpaired) electrons. The zero-order valence-electron chi connectivity index (χ0n) is 12.9. The summed E-state index contributed by atoms with van der Waals surface area (Å²) in [5.41, 5.74) is -0.153. The number of amides is 1. The van der Waals surface area contributed by atoms with E-state index in [-0.39, 0.29) is 30.2 Å². The average molecular weight is 326 g/mol. The van der Waals surface area contributed by atoms with E-state index in [9.17, 15) is 4.79 Å². The summed E-state index contributed by atoms with van der Waals surface area (Å²) in [5, 5.41) is 3.31. The van der Waals surface area contributed by atoms with Gasteiger partial charge in [0.25, 0.3) is 0 Å². The summed E-state index contributed by atoms with van der Waals surface area (Å²) in [4.78, 5) is 17.1. The lowest BCUT2D eigenvalue weighted by Crippen LogP contribution is -2.53. The monoisotopic (exact) mass is 325 g/mol. The highest BCUT2D eigenvalue weighted by atomic mass is 35.5. The van der Waals surface area contributed by atoms with E-state index in [2.05, 4.69) is 35.9 Å². The minimum atomic E-state index is -0.153. The number of carbonyl (C=O) groups is 1. The average Bonchev–Trinajstić information content (AvgIpc) is 2.77. The number of hydrogen-bond donors (Lipinski definition) is 1. The molecule has 1 amide bonds. The van der Waals surface area contributed by atoms with Crippen molar-refractivity contribution >= 4 is 30.7 Å². The van der Waals surface area contributed by atoms with Crippen LogP contribution in [0.2, 0.25) is 0 Å². The highest BCUT2D eigenvalue weighted by Gasteiger charge is 2.39. The van der Waals surface area contributed by atoms with Crippen LogP contribution >= 0.6 is 24.8 Å². The fraction of sp³-hybridized carbons (Fsp3) is 0.929. The van der Waals surface area contributed by atoms with E-state index >= 15 is 0 Å². The summed E-state index contributed by atoms with van der Waals surface area (Å²) >= 11 is 0. The van der Waals surface area contributed by atoms with Crippen molar-refractivity contribution in [2.24, 2.45) is 11.3 Å². The van der Waals surface area contributed by atoms with E-state index in [0.29, 0.717) is 11.8 Å². The molecule has 1 N–H and O–H groups in total. The standard InChI is InChI=1S/C14H27N3O.2ClH/c1-12(2)10-16-6-8-17(9-7-16)13(18)14(3)4-5-15-11-14;;/h12,15H,4-11H2,1-3H3;2*1H. The van der Waals surface area contributed by atoms with Gasteiger partial charge >= 0.3 is 0 Å². The first kappa shape index (κ1) is 20.0. The molecule has 4 nitrogen and oxygen atoms in total. The van der Waals surface area contributed by atoms with Gasteiger partial charge in [-0.05, 0) is 25.8 Å². The maximum atomic E-state index is 12.5. The molecule has 1 unspecified atom stereocenters. The minimum absolute atomic E-state index is 0. The van der Waals surface area contributed by atoms with Gasteiger partial charge in [0.2, 0.25) is 5.91 Å². The van der Waals surface area contributed by atoms with Crippen molar-refractivity contribution in [3.63, 3.8) is 0 Å². The molecule has 2 saturated heterocycles. The highest BCUT2D eigenvalue weighted by Crippen LogP contribution is 2.27. The van der Waals surface area contributed by atoms with Gasteiger partial charge in [0.05, 0.1) is 5.41 Å². The second-order valence-electron chi connectivity index (χ2n) is 6.47. The maximum Gasteiger partial charge on any atom is 0.229 e. The quantitative estimate of drug-likeness (QED) is 0.856. The lowest BCUT2D eigenvalue weighted by Gasteiger charge is -2.38. The summed E-state index contributed by atoms with van der Waals surface area (Å²) in [7, 11) is 0. The van der Waals surface area contributed by atoms with Crippen molar-refractivity contribution in [1.82, 2.24) is 15.1 Å². The normalized spacial score (nSPS) is 27.1. The Morgan fingerprint density at radius 2 is 1.80 bits per heavy atom. The molecule has 2 aliphatic rings. The third kappa shape index (κ3) is 4.76. The molecule has 0 aromatic rings. The van der Waals surface area contributed by atoms with E-state index in [1.54, 1.807) is 0 Å². The van der Waals surface area contributed by atoms with Crippen LogP contribution in [0.5, 0.6) is 0 Å². The number of carbonyl (C=O) groups excluding carboxylic acids is 1. The van der Waals surface area contributed by atoms with Crippen molar-refractivity contribution in [2.75, 3.05) is 45.8 Å². The van der Waals surface area contributed by atoms with Crippen LogP contribution in [0.15, 0.2) is 0 Å². The molecular weight excluding hydrogens is 297 g/mol. The van der Waals surface area contributed by atoms with Crippen LogP contribution < -0.4 is 5.32 Å². The van der Waals surface area contributed by atoms with Crippen LogP contribution in [0.4, 0.5) is 0 Å². The minimum Gasteiger partial charge on any atom is -0.340 e. The molecule has 6 heteroatoms. The topological polar surface area (TPSA) is 35.6 Å². The SMILES string of the molecule is CC(C)CN1CCN(C(=O)C2(C)CCNC2)CC1.Cl.Cl. The number of rotatable bonds is 3. The summed E-state index contributed by atoms with van der Waals surface area (Å²) in [5.74, 6) is 1.07. The zero-order chi connectivity index (χ0) is 13.2. The first-order valence-corrected chi connectivity index (χ1v) is 7.24. The number of piperazine rings is 1. The number of hydrogen-bond acceptors (Lipinski definition) is 3. The van der Waals surface area contributed by atoms with Gasteiger partial charge in [0.1, 0.15) is 0 Å². The number of nitrogens with one attached hydrogen (secondary N) is 1. The molecule has 0 spiro atoms. The molecule has 20 heavy (non-hydrogen) atoms. The van der Waals surface area contributed by atoms with Gasteiger partial charge in [0, 0.05) is 39.3 Å². The molecule has 2 fully saturated rings. The van der Waals surface area contributed by atoms with Gasteiger partial charge < -0.3 is 10.2 Å². The van der Waals surface area contributed by atoms with E-state index in [1.807, 2.05) is 0 Å². The Balaban J connectivity index is 0.00000180. The van der Waals surface area contributed by atoms with Crippen LogP contribution in [-0.4, -0.2) is 61.5 Å². The Hall–Kier alpha value is -0.0300. The molecule has 120 valence electrons. The van der Waals surface area contributed by atoms with Gasteiger partial charge in [-0.25, -0.2) is 0 Å². The van der Waals surface area contributed by atoms with Gasteiger partial charge in [-0.3, -0.25) is 9.69 Å². The molecule has 1 atom stereocenters. The van der Waals surface area contributed by atoms with Crippen molar-refractivity contribution in [3.8, 4) is 0 Å². The van der Waals surface area contributed by atoms with Crippen LogP contribution in [0.1, 0.15) is 27.2 Å². The van der Waals surface area contributed by atoms with Crippen LogP contribution in [0, 0.1) is 11.3 Å². The molecule has 0 saturated carbocycles. The van der Waals surface area contributed by atoms with Gasteiger partial charge in [-0.15, -0.1) is 24.8 Å². The van der Waals surface area contributed by atoms with Crippen LogP contribution in [0.25, 0.3) is 0 Å². The second-order valence-corrected chi connectivity index (χ2v) is 6.47. The predicted molar refractivity (Wildman–Crippen MR) is 87.9 cm³/mol. The van der Waals surface area contributed by atoms with Crippen molar-refractivity contribution < 1.29 is 4.79 Å². The van der Waals surface area contributed by atoms with Crippen molar-refractivity contribution in [3.05, 3.63) is 0 Å². The maximum absolute atomic E-state index is 12.5. The molecule has 2 aliphatic heterocycles. The molecule has 0 aromatic heterocycles. The van der Waals surface area contributed by atoms with E-state index < -0.39 is 0 Å². The molecular formula is C14H29Cl2N3O. The number of halogens is 2. The first-order chi connectivity index (χ1) is 8.51. The molecule has 2 heterocycles. The van der Waals surface area contributed by atoms with Crippen molar-refractivity contribution in [2.45, 2.75) is 27.2 Å². The van der Waals surface area contributed by atoms with E-state index in [1.165, 1.54) is 0 Å². The summed E-state index contributed by atoms with van der Waals surface area (Å²) in [6, 6.07) is 0. The first-order valence-electron chi connectivity index (χ1n) is 7.24. The molecule has 0 bridgehead atoms. The van der Waals surface area contributed by atoms with E-state index in [0.717, 1.165) is 52.2 Å². The Morgan fingerprint density at radius 3 is 2.25 bits per heavy atom. The van der Waals surface area contributed by atoms with Gasteiger partial charge in [0.15, 0.2) is 0 Å². The zero-order valence-corrected chi connectivity index (χ0v) is 14.5. The highest BCUT2D eigenvalue weighted by molar-refractivity contribution is 5.85. The van der Waals surface area contributed by atoms with Gasteiger partial charge in [-0.1, -0.05) is 13.8 Å².